The highest BCUT2D eigenvalue weighted by atomic mass is 32.2. The average molecular weight is 373 g/mol. The Hall–Kier alpha value is -2.35. The lowest BCUT2D eigenvalue weighted by molar-refractivity contribution is -0.119. The molecule has 1 fully saturated rings. The number of carbonyl (C=O) groups excluding carboxylic acids is 2. The normalized spacial score (nSPS) is 16.0. The number of aromatic amines is 1. The second kappa shape index (κ2) is 8.84. The summed E-state index contributed by atoms with van der Waals surface area (Å²) in [6.45, 7) is 1.73. The number of imide groups is 1. The van der Waals surface area contributed by atoms with Crippen molar-refractivity contribution < 1.29 is 9.59 Å². The Bertz CT molecular complexity index is 743. The second-order valence-electron chi connectivity index (χ2n) is 6.39. The minimum Gasteiger partial charge on any atom is -0.335 e. The molecule has 0 radical (unpaired) electrons. The summed E-state index contributed by atoms with van der Waals surface area (Å²) in [4.78, 5) is 28.6. The van der Waals surface area contributed by atoms with Crippen molar-refractivity contribution in [3.63, 3.8) is 0 Å². The molecule has 8 heteroatoms. The third-order valence-corrected chi connectivity index (χ3v) is 5.30. The quantitative estimate of drug-likeness (QED) is 0.699. The Morgan fingerprint density at radius 3 is 2.65 bits per heavy atom. The van der Waals surface area contributed by atoms with Crippen molar-refractivity contribution in [1.29, 1.82) is 0 Å². The highest BCUT2D eigenvalue weighted by molar-refractivity contribution is 8.00. The largest absolute Gasteiger partial charge is 0.335 e. The number of urea groups is 1. The van der Waals surface area contributed by atoms with Crippen molar-refractivity contribution in [2.24, 2.45) is 0 Å². The van der Waals surface area contributed by atoms with Crippen molar-refractivity contribution in [2.75, 3.05) is 0 Å². The van der Waals surface area contributed by atoms with Gasteiger partial charge in [-0.15, -0.1) is 5.10 Å². The number of nitrogens with zero attached hydrogens (tertiary/aromatic N) is 2. The zero-order valence-electron chi connectivity index (χ0n) is 14.7. The summed E-state index contributed by atoms with van der Waals surface area (Å²) in [5.41, 5.74) is 0.927. The van der Waals surface area contributed by atoms with E-state index in [4.69, 9.17) is 0 Å². The number of hydrogen-bond acceptors (Lipinski definition) is 5. The predicted molar refractivity (Wildman–Crippen MR) is 101 cm³/mol. The molecule has 3 N–H and O–H groups in total. The smallest absolute Gasteiger partial charge is 0.321 e. The van der Waals surface area contributed by atoms with Gasteiger partial charge in [-0.25, -0.2) is 9.78 Å². The summed E-state index contributed by atoms with van der Waals surface area (Å²) < 4.78 is 0. The van der Waals surface area contributed by atoms with Gasteiger partial charge in [0.2, 0.25) is 11.1 Å². The molecule has 0 bridgehead atoms. The fourth-order valence-corrected chi connectivity index (χ4v) is 3.64. The summed E-state index contributed by atoms with van der Waals surface area (Å²) in [6, 6.07) is 9.38. The van der Waals surface area contributed by atoms with Crippen LogP contribution in [0.3, 0.4) is 0 Å². The van der Waals surface area contributed by atoms with Crippen LogP contribution in [-0.4, -0.2) is 38.4 Å². The van der Waals surface area contributed by atoms with Gasteiger partial charge in [-0.3, -0.25) is 15.2 Å². The number of rotatable bonds is 5. The van der Waals surface area contributed by atoms with Crippen molar-refractivity contribution >= 4 is 23.7 Å². The maximum absolute atomic E-state index is 12.2. The molecule has 1 aromatic heterocycles. The Labute approximate surface area is 156 Å². The number of thioether (sulfide) groups is 1. The highest BCUT2D eigenvalue weighted by Crippen LogP contribution is 2.22. The van der Waals surface area contributed by atoms with Gasteiger partial charge in [-0.2, -0.15) is 0 Å². The first-order valence-electron chi connectivity index (χ1n) is 8.87. The summed E-state index contributed by atoms with van der Waals surface area (Å²) in [5.74, 6) is 0.296. The van der Waals surface area contributed by atoms with Gasteiger partial charge in [0.15, 0.2) is 5.82 Å². The summed E-state index contributed by atoms with van der Waals surface area (Å²) in [7, 11) is 0. The van der Waals surface area contributed by atoms with Crippen LogP contribution in [0.2, 0.25) is 0 Å². The van der Waals surface area contributed by atoms with Gasteiger partial charge in [0.05, 0.1) is 5.25 Å². The molecule has 2 aromatic rings. The van der Waals surface area contributed by atoms with Gasteiger partial charge in [0, 0.05) is 11.6 Å². The van der Waals surface area contributed by atoms with E-state index in [0.29, 0.717) is 11.0 Å². The standard InChI is InChI=1S/C18H23N5O2S/c1-12(16(24)21-17(25)19-14-10-6-3-7-11-14)26-18-20-15(22-23-18)13-8-4-2-5-9-13/h2,4-5,8-9,12,14H,3,6-7,10-11H2,1H3,(H,20,22,23)(H2,19,21,24,25)/t12-/m1/s1. The monoisotopic (exact) mass is 373 g/mol. The Morgan fingerprint density at radius 2 is 1.92 bits per heavy atom. The van der Waals surface area contributed by atoms with Crippen LogP contribution in [0.5, 0.6) is 0 Å². The van der Waals surface area contributed by atoms with E-state index in [1.165, 1.54) is 18.2 Å². The van der Waals surface area contributed by atoms with Crippen LogP contribution in [0.15, 0.2) is 35.5 Å². The molecule has 0 aliphatic heterocycles. The van der Waals surface area contributed by atoms with Gasteiger partial charge >= 0.3 is 6.03 Å². The van der Waals surface area contributed by atoms with Crippen LogP contribution in [0.4, 0.5) is 4.79 Å². The average Bonchev–Trinajstić information content (AvgIpc) is 3.11. The first-order chi connectivity index (χ1) is 12.6. The molecular formula is C18H23N5O2S. The van der Waals surface area contributed by atoms with Crippen molar-refractivity contribution in [3.8, 4) is 11.4 Å². The third kappa shape index (κ3) is 5.08. The van der Waals surface area contributed by atoms with Gasteiger partial charge < -0.3 is 5.32 Å². The zero-order valence-corrected chi connectivity index (χ0v) is 15.5. The van der Waals surface area contributed by atoms with Crippen molar-refractivity contribution in [2.45, 2.75) is 55.5 Å². The zero-order chi connectivity index (χ0) is 18.4. The van der Waals surface area contributed by atoms with E-state index in [1.54, 1.807) is 6.92 Å². The molecular weight excluding hydrogens is 350 g/mol. The maximum atomic E-state index is 12.2. The lowest BCUT2D eigenvalue weighted by Crippen LogP contribution is -2.47. The molecule has 3 amide bonds. The van der Waals surface area contributed by atoms with E-state index in [0.717, 1.165) is 31.2 Å². The highest BCUT2D eigenvalue weighted by Gasteiger charge is 2.21. The molecule has 1 heterocycles. The Kier molecular flexibility index (Phi) is 6.27. The molecule has 0 spiro atoms. The molecule has 138 valence electrons. The summed E-state index contributed by atoms with van der Waals surface area (Å²) in [5, 5.41) is 12.3. The SMILES string of the molecule is C[C@@H](Sc1n[nH]c(-c2ccccc2)n1)C(=O)NC(=O)NC1CCCCC1. The van der Waals surface area contributed by atoms with Gasteiger partial charge in [0.25, 0.3) is 0 Å². The maximum Gasteiger partial charge on any atom is 0.321 e. The molecule has 0 unspecified atom stereocenters. The van der Waals surface area contributed by atoms with E-state index in [1.807, 2.05) is 30.3 Å². The molecule has 1 atom stereocenters. The van der Waals surface area contributed by atoms with E-state index >= 15 is 0 Å². The number of aromatic nitrogens is 3. The van der Waals surface area contributed by atoms with Gasteiger partial charge in [0.1, 0.15) is 0 Å². The molecule has 1 aliphatic carbocycles. The third-order valence-electron chi connectivity index (χ3n) is 4.34. The number of hydrogen-bond donors (Lipinski definition) is 3. The van der Waals surface area contributed by atoms with Crippen molar-refractivity contribution in [3.05, 3.63) is 30.3 Å². The lowest BCUT2D eigenvalue weighted by Gasteiger charge is -2.22. The Morgan fingerprint density at radius 1 is 1.19 bits per heavy atom. The summed E-state index contributed by atoms with van der Waals surface area (Å²) in [6.07, 6.45) is 5.42. The minimum atomic E-state index is -0.480. The van der Waals surface area contributed by atoms with Gasteiger partial charge in [-0.05, 0) is 19.8 Å². The molecule has 7 nitrogen and oxygen atoms in total. The van der Waals surface area contributed by atoms with E-state index in [2.05, 4.69) is 25.8 Å². The number of amides is 3. The molecule has 0 saturated heterocycles. The van der Waals surface area contributed by atoms with E-state index in [9.17, 15) is 9.59 Å². The number of nitrogens with one attached hydrogen (secondary N) is 3. The second-order valence-corrected chi connectivity index (χ2v) is 7.70. The summed E-state index contributed by atoms with van der Waals surface area (Å²) >= 11 is 1.21. The van der Waals surface area contributed by atoms with Gasteiger partial charge in [-0.1, -0.05) is 61.4 Å². The van der Waals surface area contributed by atoms with E-state index in [-0.39, 0.29) is 11.9 Å². The molecule has 1 aliphatic rings. The van der Waals surface area contributed by atoms with Crippen LogP contribution in [0.25, 0.3) is 11.4 Å². The van der Waals surface area contributed by atoms with Crippen LogP contribution in [-0.2, 0) is 4.79 Å². The number of H-pyrrole nitrogens is 1. The van der Waals surface area contributed by atoms with Crippen LogP contribution < -0.4 is 10.6 Å². The van der Waals surface area contributed by atoms with E-state index < -0.39 is 11.3 Å². The molecule has 1 saturated carbocycles. The van der Waals surface area contributed by atoms with Crippen molar-refractivity contribution in [1.82, 2.24) is 25.8 Å². The molecule has 26 heavy (non-hydrogen) atoms. The first kappa shape index (κ1) is 18.4. The molecule has 3 rings (SSSR count). The minimum absolute atomic E-state index is 0.168. The number of benzene rings is 1. The number of carbonyl (C=O) groups is 2. The Balaban J connectivity index is 1.49. The first-order valence-corrected chi connectivity index (χ1v) is 9.75. The van der Waals surface area contributed by atoms with Crippen LogP contribution >= 0.6 is 11.8 Å². The van der Waals surface area contributed by atoms with Crippen LogP contribution in [0, 0.1) is 0 Å². The topological polar surface area (TPSA) is 99.8 Å². The fraction of sp³-hybridized carbons (Fsp3) is 0.444. The van der Waals surface area contributed by atoms with Crippen LogP contribution in [0.1, 0.15) is 39.0 Å². The lowest BCUT2D eigenvalue weighted by atomic mass is 9.96. The molecule has 1 aromatic carbocycles. The fourth-order valence-electron chi connectivity index (χ4n) is 2.92. The predicted octanol–water partition coefficient (Wildman–Crippen LogP) is 3.11.